The zero-order chi connectivity index (χ0) is 34.8. The van der Waals surface area contributed by atoms with Crippen LogP contribution in [0.4, 0.5) is 17.1 Å². The van der Waals surface area contributed by atoms with Gasteiger partial charge in [0.1, 0.15) is 0 Å². The minimum absolute atomic E-state index is 0.0931. The first-order valence-electron chi connectivity index (χ1n) is 18.2. The summed E-state index contributed by atoms with van der Waals surface area (Å²) in [6.45, 7) is 4.71. The van der Waals surface area contributed by atoms with Gasteiger partial charge in [-0.3, -0.25) is 0 Å². The van der Waals surface area contributed by atoms with Crippen LogP contribution in [-0.4, -0.2) is 0 Å². The highest BCUT2D eigenvalue weighted by molar-refractivity contribution is 6.20. The molecule has 246 valence electrons. The summed E-state index contributed by atoms with van der Waals surface area (Å²) in [5, 5.41) is 7.73. The molecule has 0 fully saturated rings. The molecule has 0 unspecified atom stereocenters. The second-order valence-corrected chi connectivity index (χ2v) is 14.6. The molecule has 9 aromatic rings. The highest BCUT2D eigenvalue weighted by Crippen LogP contribution is 2.51. The molecule has 10 rings (SSSR count). The summed E-state index contributed by atoms with van der Waals surface area (Å²) in [6, 6.07) is 69.1. The van der Waals surface area contributed by atoms with Gasteiger partial charge >= 0.3 is 0 Å². The fourth-order valence-electron chi connectivity index (χ4n) is 8.61. The number of fused-ring (bicyclic) bond motifs is 8. The number of hydrogen-bond acceptors (Lipinski definition) is 1. The number of hydrogen-bond donors (Lipinski definition) is 0. The van der Waals surface area contributed by atoms with E-state index >= 15 is 0 Å². The molecule has 0 bridgehead atoms. The lowest BCUT2D eigenvalue weighted by Gasteiger charge is -2.30. The SMILES string of the molecule is CC1(C)c2ccccc2-c2ccc(N(c3ccc(-c4ccc5c(ccc6ccc7ccccc7c65)c4)cc3)c3ccccc3-c3ccccc3)cc21. The van der Waals surface area contributed by atoms with Gasteiger partial charge in [-0.15, -0.1) is 0 Å². The lowest BCUT2D eigenvalue weighted by molar-refractivity contribution is 0.660. The maximum Gasteiger partial charge on any atom is 0.0540 e. The van der Waals surface area contributed by atoms with Crippen LogP contribution in [0, 0.1) is 0 Å². The second kappa shape index (κ2) is 11.8. The molecule has 0 radical (unpaired) electrons. The van der Waals surface area contributed by atoms with Crippen molar-refractivity contribution in [2.24, 2.45) is 0 Å². The van der Waals surface area contributed by atoms with Gasteiger partial charge in [-0.2, -0.15) is 0 Å². The molecule has 0 amide bonds. The molecular weight excluding hydrogens is 627 g/mol. The van der Waals surface area contributed by atoms with Gasteiger partial charge < -0.3 is 4.90 Å². The summed E-state index contributed by atoms with van der Waals surface area (Å²) in [5.41, 5.74) is 13.6. The summed E-state index contributed by atoms with van der Waals surface area (Å²) in [5.74, 6) is 0. The number of nitrogens with zero attached hydrogens (tertiary/aromatic N) is 1. The summed E-state index contributed by atoms with van der Waals surface area (Å²) in [6.07, 6.45) is 0. The van der Waals surface area contributed by atoms with E-state index in [1.165, 1.54) is 76.8 Å². The molecule has 0 heterocycles. The van der Waals surface area contributed by atoms with Crippen LogP contribution in [0.2, 0.25) is 0 Å². The molecule has 0 spiro atoms. The first kappa shape index (κ1) is 30.4. The molecule has 52 heavy (non-hydrogen) atoms. The van der Waals surface area contributed by atoms with Crippen LogP contribution < -0.4 is 4.90 Å². The van der Waals surface area contributed by atoms with Crippen molar-refractivity contribution < 1.29 is 0 Å². The van der Waals surface area contributed by atoms with E-state index in [0.717, 1.165) is 17.1 Å². The Kier molecular flexibility index (Phi) is 6.91. The zero-order valence-electron chi connectivity index (χ0n) is 29.3. The summed E-state index contributed by atoms with van der Waals surface area (Å²) in [4.78, 5) is 2.43. The van der Waals surface area contributed by atoms with Gasteiger partial charge in [0, 0.05) is 22.4 Å². The third-order valence-corrected chi connectivity index (χ3v) is 11.2. The minimum atomic E-state index is -0.0931. The standard InChI is InChI=1S/C51H37N/c1-51(2)47-18-10-8-17-45(47)46-31-29-41(33-48(46)51)52(49-19-11-9-15-42(49)35-12-4-3-5-13-35)40-27-24-34(25-28-40)38-26-30-44-39(32-38)23-22-37-21-20-36-14-6-7-16-43(36)50(37)44/h3-33H,1-2H3. The molecule has 1 aliphatic carbocycles. The molecule has 1 heteroatoms. The molecule has 0 atom stereocenters. The molecule has 0 aliphatic heterocycles. The summed E-state index contributed by atoms with van der Waals surface area (Å²) in [7, 11) is 0. The van der Waals surface area contributed by atoms with Crippen molar-refractivity contribution in [2.45, 2.75) is 19.3 Å². The highest BCUT2D eigenvalue weighted by Gasteiger charge is 2.35. The third kappa shape index (κ3) is 4.77. The highest BCUT2D eigenvalue weighted by atomic mass is 15.1. The average molecular weight is 664 g/mol. The summed E-state index contributed by atoms with van der Waals surface area (Å²) >= 11 is 0. The Bertz CT molecular complexity index is 2810. The third-order valence-electron chi connectivity index (χ3n) is 11.2. The van der Waals surface area contributed by atoms with Gasteiger partial charge in [0.15, 0.2) is 0 Å². The lowest BCUT2D eigenvalue weighted by atomic mass is 9.82. The van der Waals surface area contributed by atoms with Crippen LogP contribution in [0.25, 0.3) is 65.7 Å². The number of rotatable bonds is 5. The molecule has 0 saturated carbocycles. The van der Waals surface area contributed by atoms with Gasteiger partial charge in [-0.25, -0.2) is 0 Å². The predicted octanol–water partition coefficient (Wildman–Crippen LogP) is 14.3. The average Bonchev–Trinajstić information content (AvgIpc) is 3.43. The monoisotopic (exact) mass is 663 g/mol. The maximum absolute atomic E-state index is 2.43. The van der Waals surface area contributed by atoms with Gasteiger partial charge in [0.25, 0.3) is 0 Å². The van der Waals surface area contributed by atoms with Crippen molar-refractivity contribution in [1.82, 2.24) is 0 Å². The van der Waals surface area contributed by atoms with E-state index in [9.17, 15) is 0 Å². The number of anilines is 3. The van der Waals surface area contributed by atoms with Crippen molar-refractivity contribution in [3.63, 3.8) is 0 Å². The Labute approximate surface area is 305 Å². The first-order valence-corrected chi connectivity index (χ1v) is 18.2. The van der Waals surface area contributed by atoms with Crippen LogP contribution in [-0.2, 0) is 5.41 Å². The maximum atomic E-state index is 2.43. The van der Waals surface area contributed by atoms with E-state index in [0.29, 0.717) is 0 Å². The Morgan fingerprint density at radius 1 is 0.365 bits per heavy atom. The topological polar surface area (TPSA) is 3.24 Å². The van der Waals surface area contributed by atoms with Crippen molar-refractivity contribution in [3.05, 3.63) is 199 Å². The summed E-state index contributed by atoms with van der Waals surface area (Å²) < 4.78 is 0. The molecule has 0 aromatic heterocycles. The van der Waals surface area contributed by atoms with Crippen LogP contribution in [0.3, 0.4) is 0 Å². The smallest absolute Gasteiger partial charge is 0.0540 e. The molecule has 0 saturated heterocycles. The molecule has 1 nitrogen and oxygen atoms in total. The van der Waals surface area contributed by atoms with E-state index in [2.05, 4.69) is 207 Å². The largest absolute Gasteiger partial charge is 0.310 e. The molecule has 0 N–H and O–H groups in total. The molecule has 1 aliphatic rings. The second-order valence-electron chi connectivity index (χ2n) is 14.6. The Hall–Kier alpha value is -6.44. The van der Waals surface area contributed by atoms with E-state index < -0.39 is 0 Å². The van der Waals surface area contributed by atoms with E-state index in [1.54, 1.807) is 0 Å². The quantitative estimate of drug-likeness (QED) is 0.166. The predicted molar refractivity (Wildman–Crippen MR) is 222 cm³/mol. The normalized spacial score (nSPS) is 13.0. The van der Waals surface area contributed by atoms with Crippen LogP contribution in [0.1, 0.15) is 25.0 Å². The van der Waals surface area contributed by atoms with E-state index in [4.69, 9.17) is 0 Å². The van der Waals surface area contributed by atoms with Gasteiger partial charge in [-0.05, 0) is 108 Å². The van der Waals surface area contributed by atoms with Gasteiger partial charge in [-0.1, -0.05) is 166 Å². The Morgan fingerprint density at radius 3 is 1.83 bits per heavy atom. The van der Waals surface area contributed by atoms with Crippen molar-refractivity contribution in [2.75, 3.05) is 4.90 Å². The van der Waals surface area contributed by atoms with Crippen LogP contribution >= 0.6 is 0 Å². The minimum Gasteiger partial charge on any atom is -0.310 e. The van der Waals surface area contributed by atoms with Crippen LogP contribution in [0.5, 0.6) is 0 Å². The number of para-hydroxylation sites is 1. The van der Waals surface area contributed by atoms with E-state index in [1.807, 2.05) is 0 Å². The fraction of sp³-hybridized carbons (Fsp3) is 0.0588. The Morgan fingerprint density at radius 2 is 0.981 bits per heavy atom. The molecular formula is C51H37N. The first-order chi connectivity index (χ1) is 25.5. The number of benzene rings is 9. The Balaban J connectivity index is 1.10. The van der Waals surface area contributed by atoms with Crippen molar-refractivity contribution in [1.29, 1.82) is 0 Å². The zero-order valence-corrected chi connectivity index (χ0v) is 29.3. The lowest BCUT2D eigenvalue weighted by Crippen LogP contribution is -2.16. The van der Waals surface area contributed by atoms with Crippen molar-refractivity contribution in [3.8, 4) is 33.4 Å². The van der Waals surface area contributed by atoms with Gasteiger partial charge in [0.2, 0.25) is 0 Å². The van der Waals surface area contributed by atoms with Gasteiger partial charge in [0.05, 0.1) is 5.69 Å². The van der Waals surface area contributed by atoms with Crippen LogP contribution in [0.15, 0.2) is 188 Å². The van der Waals surface area contributed by atoms with Crippen molar-refractivity contribution >= 4 is 49.4 Å². The fourth-order valence-corrected chi connectivity index (χ4v) is 8.61. The molecule has 9 aromatic carbocycles. The van der Waals surface area contributed by atoms with E-state index in [-0.39, 0.29) is 5.41 Å².